The van der Waals surface area contributed by atoms with Crippen molar-refractivity contribution in [3.05, 3.63) is 16.1 Å². The van der Waals surface area contributed by atoms with Crippen LogP contribution in [0.1, 0.15) is 24.5 Å². The summed E-state index contributed by atoms with van der Waals surface area (Å²) in [5, 5.41) is 6.46. The van der Waals surface area contributed by atoms with Gasteiger partial charge in [-0.15, -0.1) is 11.3 Å². The van der Waals surface area contributed by atoms with Crippen LogP contribution >= 0.6 is 11.3 Å². The minimum atomic E-state index is -0.147. The van der Waals surface area contributed by atoms with Crippen molar-refractivity contribution in [3.63, 3.8) is 0 Å². The highest BCUT2D eigenvalue weighted by molar-refractivity contribution is 7.09. The Morgan fingerprint density at radius 3 is 2.77 bits per heavy atom. The summed E-state index contributed by atoms with van der Waals surface area (Å²) in [5.41, 5.74) is 6.77. The molecule has 4 heteroatoms. The summed E-state index contributed by atoms with van der Waals surface area (Å²) >= 11 is 1.69. The molecule has 1 heterocycles. The fraction of sp³-hybridized carbons (Fsp3) is 0.667. The topological polar surface area (TPSA) is 50.9 Å². The lowest BCUT2D eigenvalue weighted by molar-refractivity contribution is 0.466. The zero-order valence-electron chi connectivity index (χ0n) is 8.42. The van der Waals surface area contributed by atoms with E-state index in [9.17, 15) is 0 Å². The highest BCUT2D eigenvalue weighted by Gasteiger charge is 2.09. The number of nitrogens with two attached hydrogens (primary N) is 1. The summed E-state index contributed by atoms with van der Waals surface area (Å²) in [7, 11) is 0. The maximum Gasteiger partial charge on any atom is 0.107 e. The maximum absolute atomic E-state index is 5.83. The monoisotopic (exact) mass is 199 g/mol. The third-order valence-electron chi connectivity index (χ3n) is 1.52. The van der Waals surface area contributed by atoms with Gasteiger partial charge in [0.15, 0.2) is 0 Å². The molecule has 0 atom stereocenters. The van der Waals surface area contributed by atoms with Crippen molar-refractivity contribution >= 4 is 11.3 Å². The highest BCUT2D eigenvalue weighted by Crippen LogP contribution is 2.07. The van der Waals surface area contributed by atoms with Gasteiger partial charge in [-0.2, -0.15) is 0 Å². The van der Waals surface area contributed by atoms with E-state index in [1.54, 1.807) is 11.3 Å². The average molecular weight is 199 g/mol. The van der Waals surface area contributed by atoms with E-state index in [0.29, 0.717) is 0 Å². The van der Waals surface area contributed by atoms with Crippen molar-refractivity contribution < 1.29 is 0 Å². The van der Waals surface area contributed by atoms with Gasteiger partial charge in [-0.05, 0) is 20.8 Å². The molecule has 0 unspecified atom stereocenters. The van der Waals surface area contributed by atoms with Crippen LogP contribution in [0.15, 0.2) is 5.38 Å². The Bertz CT molecular complexity index is 262. The van der Waals surface area contributed by atoms with E-state index in [1.165, 1.54) is 0 Å². The Labute approximate surface area is 83.4 Å². The van der Waals surface area contributed by atoms with Gasteiger partial charge in [0, 0.05) is 29.7 Å². The number of hydrogen-bond acceptors (Lipinski definition) is 4. The van der Waals surface area contributed by atoms with E-state index in [0.717, 1.165) is 23.8 Å². The summed E-state index contributed by atoms with van der Waals surface area (Å²) in [6.45, 7) is 7.65. The van der Waals surface area contributed by atoms with E-state index >= 15 is 0 Å². The number of nitrogens with one attached hydrogen (secondary N) is 1. The lowest BCUT2D eigenvalue weighted by Gasteiger charge is -2.18. The molecule has 0 radical (unpaired) electrons. The molecule has 1 aromatic rings. The standard InChI is InChI=1S/C9H17N3S/c1-7-5-13-8(12-7)4-11-6-9(2,3)10/h5,11H,4,6,10H2,1-3H3. The van der Waals surface area contributed by atoms with Crippen LogP contribution in [0.2, 0.25) is 0 Å². The molecule has 0 aromatic carbocycles. The zero-order chi connectivity index (χ0) is 9.90. The molecule has 1 aromatic heterocycles. The van der Waals surface area contributed by atoms with Gasteiger partial charge < -0.3 is 11.1 Å². The summed E-state index contributed by atoms with van der Waals surface area (Å²) in [4.78, 5) is 4.35. The van der Waals surface area contributed by atoms with E-state index < -0.39 is 0 Å². The molecule has 0 bridgehead atoms. The zero-order valence-corrected chi connectivity index (χ0v) is 9.24. The fourth-order valence-electron chi connectivity index (χ4n) is 0.975. The van der Waals surface area contributed by atoms with Crippen LogP contribution in [0.4, 0.5) is 0 Å². The van der Waals surface area contributed by atoms with Crippen molar-refractivity contribution in [2.45, 2.75) is 32.9 Å². The molecule has 0 fully saturated rings. The van der Waals surface area contributed by atoms with E-state index in [1.807, 2.05) is 20.8 Å². The third kappa shape index (κ3) is 4.36. The van der Waals surface area contributed by atoms with Crippen LogP contribution < -0.4 is 11.1 Å². The Hall–Kier alpha value is -0.450. The molecule has 0 aliphatic rings. The Kier molecular flexibility index (Phi) is 3.41. The van der Waals surface area contributed by atoms with Crippen molar-refractivity contribution in [2.75, 3.05) is 6.54 Å². The number of thiazole rings is 1. The molecule has 0 saturated carbocycles. The molecule has 0 aliphatic carbocycles. The summed E-state index contributed by atoms with van der Waals surface area (Å²) in [6, 6.07) is 0. The summed E-state index contributed by atoms with van der Waals surface area (Å²) in [5.74, 6) is 0. The van der Waals surface area contributed by atoms with Crippen LogP contribution in [-0.4, -0.2) is 17.1 Å². The van der Waals surface area contributed by atoms with Gasteiger partial charge in [0.25, 0.3) is 0 Å². The first-order chi connectivity index (χ1) is 5.97. The predicted octanol–water partition coefficient (Wildman–Crippen LogP) is 1.28. The van der Waals surface area contributed by atoms with Crippen LogP contribution in [0.5, 0.6) is 0 Å². The summed E-state index contributed by atoms with van der Waals surface area (Å²) in [6.07, 6.45) is 0. The lowest BCUT2D eigenvalue weighted by Crippen LogP contribution is -2.42. The molecule has 3 nitrogen and oxygen atoms in total. The fourth-order valence-corrected chi connectivity index (χ4v) is 1.72. The predicted molar refractivity (Wildman–Crippen MR) is 56.8 cm³/mol. The third-order valence-corrected chi connectivity index (χ3v) is 2.49. The minimum Gasteiger partial charge on any atom is -0.324 e. The SMILES string of the molecule is Cc1csc(CNCC(C)(C)N)n1. The van der Waals surface area contributed by atoms with E-state index in [2.05, 4.69) is 15.7 Å². The highest BCUT2D eigenvalue weighted by atomic mass is 32.1. The summed E-state index contributed by atoms with van der Waals surface area (Å²) < 4.78 is 0. The quantitative estimate of drug-likeness (QED) is 0.768. The normalized spacial score (nSPS) is 12.0. The van der Waals surface area contributed by atoms with Crippen molar-refractivity contribution in [2.24, 2.45) is 5.73 Å². The van der Waals surface area contributed by atoms with Crippen molar-refractivity contribution in [1.29, 1.82) is 0 Å². The van der Waals surface area contributed by atoms with Crippen LogP contribution in [-0.2, 0) is 6.54 Å². The number of hydrogen-bond donors (Lipinski definition) is 2. The average Bonchev–Trinajstić information content (AvgIpc) is 2.33. The van der Waals surface area contributed by atoms with Crippen molar-refractivity contribution in [3.8, 4) is 0 Å². The molecule has 74 valence electrons. The molecule has 1 rings (SSSR count). The van der Waals surface area contributed by atoms with Gasteiger partial charge in [0.05, 0.1) is 0 Å². The first-order valence-corrected chi connectivity index (χ1v) is 5.26. The van der Waals surface area contributed by atoms with Gasteiger partial charge in [-0.25, -0.2) is 4.98 Å². The Balaban J connectivity index is 2.28. The van der Waals surface area contributed by atoms with Crippen LogP contribution in [0.25, 0.3) is 0 Å². The Morgan fingerprint density at radius 1 is 1.62 bits per heavy atom. The lowest BCUT2D eigenvalue weighted by atomic mass is 10.1. The maximum atomic E-state index is 5.83. The van der Waals surface area contributed by atoms with E-state index in [-0.39, 0.29) is 5.54 Å². The van der Waals surface area contributed by atoms with E-state index in [4.69, 9.17) is 5.73 Å². The largest absolute Gasteiger partial charge is 0.324 e. The second kappa shape index (κ2) is 4.17. The van der Waals surface area contributed by atoms with Gasteiger partial charge in [-0.1, -0.05) is 0 Å². The van der Waals surface area contributed by atoms with Gasteiger partial charge in [0.2, 0.25) is 0 Å². The number of aryl methyl sites for hydroxylation is 1. The van der Waals surface area contributed by atoms with Gasteiger partial charge >= 0.3 is 0 Å². The number of aromatic nitrogens is 1. The second-order valence-corrected chi connectivity index (χ2v) is 4.92. The van der Waals surface area contributed by atoms with Crippen molar-refractivity contribution in [1.82, 2.24) is 10.3 Å². The number of rotatable bonds is 4. The van der Waals surface area contributed by atoms with Gasteiger partial charge in [0.1, 0.15) is 5.01 Å². The molecule has 0 aliphatic heterocycles. The second-order valence-electron chi connectivity index (χ2n) is 3.97. The smallest absolute Gasteiger partial charge is 0.107 e. The Morgan fingerprint density at radius 2 is 2.31 bits per heavy atom. The van der Waals surface area contributed by atoms with Crippen LogP contribution in [0, 0.1) is 6.92 Å². The molecular weight excluding hydrogens is 182 g/mol. The first-order valence-electron chi connectivity index (χ1n) is 4.38. The molecule has 3 N–H and O–H groups in total. The number of nitrogens with zero attached hydrogens (tertiary/aromatic N) is 1. The first kappa shape index (κ1) is 10.6. The molecule has 0 saturated heterocycles. The molecule has 0 spiro atoms. The molecule has 0 amide bonds. The van der Waals surface area contributed by atoms with Gasteiger partial charge in [-0.3, -0.25) is 0 Å². The molecular formula is C9H17N3S. The minimum absolute atomic E-state index is 0.147. The molecule has 13 heavy (non-hydrogen) atoms. The van der Waals surface area contributed by atoms with Crippen LogP contribution in [0.3, 0.4) is 0 Å².